The fraction of sp³-hybridized carbons (Fsp3) is 0.263. The van der Waals surface area contributed by atoms with Gasteiger partial charge in [-0.3, -0.25) is 9.59 Å². The largest absolute Gasteiger partial charge is 0.483 e. The molecule has 5 nitrogen and oxygen atoms in total. The van der Waals surface area contributed by atoms with Crippen molar-refractivity contribution in [1.82, 2.24) is 10.2 Å². The van der Waals surface area contributed by atoms with Crippen LogP contribution in [0.2, 0.25) is 0 Å². The van der Waals surface area contributed by atoms with Crippen molar-refractivity contribution in [3.8, 4) is 5.75 Å². The highest BCUT2D eigenvalue weighted by Crippen LogP contribution is 2.25. The van der Waals surface area contributed by atoms with E-state index in [1.807, 2.05) is 37.3 Å². The van der Waals surface area contributed by atoms with E-state index in [-0.39, 0.29) is 18.4 Å². The molecule has 0 heterocycles. The maximum atomic E-state index is 12.2. The van der Waals surface area contributed by atoms with Gasteiger partial charge in [-0.15, -0.1) is 0 Å². The van der Waals surface area contributed by atoms with Gasteiger partial charge in [-0.1, -0.05) is 18.2 Å². The van der Waals surface area contributed by atoms with E-state index in [2.05, 4.69) is 21.2 Å². The topological polar surface area (TPSA) is 58.6 Å². The van der Waals surface area contributed by atoms with Gasteiger partial charge in [0, 0.05) is 26.2 Å². The Balaban J connectivity index is 1.90. The fourth-order valence-electron chi connectivity index (χ4n) is 2.24. The van der Waals surface area contributed by atoms with Crippen LogP contribution in [0, 0.1) is 6.92 Å². The lowest BCUT2D eigenvalue weighted by Crippen LogP contribution is -2.31. The van der Waals surface area contributed by atoms with Crippen molar-refractivity contribution >= 4 is 27.7 Å². The minimum atomic E-state index is -0.131. The SMILES string of the molecule is CNC(=O)c1ccc(CN(C)C(=O)COc2ccc(C)cc2Br)cc1. The molecule has 0 saturated carbocycles. The van der Waals surface area contributed by atoms with E-state index in [1.165, 1.54) is 0 Å². The number of nitrogens with one attached hydrogen (secondary N) is 1. The predicted octanol–water partition coefficient (Wildman–Crippen LogP) is 3.15. The number of rotatable bonds is 6. The van der Waals surface area contributed by atoms with Crippen molar-refractivity contribution in [2.24, 2.45) is 0 Å². The normalized spacial score (nSPS) is 10.2. The standard InChI is InChI=1S/C19H21BrN2O3/c1-13-4-9-17(16(20)10-13)25-12-18(23)22(3)11-14-5-7-15(8-6-14)19(24)21-2/h4-10H,11-12H2,1-3H3,(H,21,24). The molecule has 1 N–H and O–H groups in total. The van der Waals surface area contributed by atoms with Gasteiger partial charge in [0.05, 0.1) is 4.47 Å². The number of likely N-dealkylation sites (N-methyl/N-ethyl adjacent to an activating group) is 1. The fourth-order valence-corrected chi connectivity index (χ4v) is 2.85. The summed E-state index contributed by atoms with van der Waals surface area (Å²) in [7, 11) is 3.32. The molecule has 2 rings (SSSR count). The number of carbonyl (C=O) groups is 2. The molecule has 0 radical (unpaired) electrons. The van der Waals surface area contributed by atoms with Crippen LogP contribution in [0.5, 0.6) is 5.75 Å². The summed E-state index contributed by atoms with van der Waals surface area (Å²) < 4.78 is 6.41. The molecule has 2 aromatic carbocycles. The Hall–Kier alpha value is -2.34. The molecule has 2 amide bonds. The summed E-state index contributed by atoms with van der Waals surface area (Å²) in [6.45, 7) is 2.41. The van der Waals surface area contributed by atoms with Gasteiger partial charge >= 0.3 is 0 Å². The van der Waals surface area contributed by atoms with Crippen molar-refractivity contribution in [2.45, 2.75) is 13.5 Å². The first kappa shape index (κ1) is 19.0. The number of hydrogen-bond acceptors (Lipinski definition) is 3. The Morgan fingerprint density at radius 3 is 2.44 bits per heavy atom. The molecule has 0 aromatic heterocycles. The molecular formula is C19H21BrN2O3. The summed E-state index contributed by atoms with van der Waals surface area (Å²) in [4.78, 5) is 25.4. The summed E-state index contributed by atoms with van der Waals surface area (Å²) in [6.07, 6.45) is 0. The number of halogens is 1. The molecule has 132 valence electrons. The maximum Gasteiger partial charge on any atom is 0.260 e. The molecule has 6 heteroatoms. The van der Waals surface area contributed by atoms with Gasteiger partial charge in [0.15, 0.2) is 6.61 Å². The van der Waals surface area contributed by atoms with Crippen LogP contribution in [-0.2, 0) is 11.3 Å². The van der Waals surface area contributed by atoms with Crippen LogP contribution in [0.4, 0.5) is 0 Å². The molecule has 0 aliphatic rings. The lowest BCUT2D eigenvalue weighted by Gasteiger charge is -2.18. The number of hydrogen-bond donors (Lipinski definition) is 1. The predicted molar refractivity (Wildman–Crippen MR) is 101 cm³/mol. The molecule has 0 unspecified atom stereocenters. The second-order valence-electron chi connectivity index (χ2n) is 5.75. The van der Waals surface area contributed by atoms with Crippen LogP contribution in [0.25, 0.3) is 0 Å². The highest BCUT2D eigenvalue weighted by Gasteiger charge is 2.12. The minimum Gasteiger partial charge on any atom is -0.483 e. The van der Waals surface area contributed by atoms with Gasteiger partial charge in [0.1, 0.15) is 5.75 Å². The molecule has 0 spiro atoms. The third-order valence-electron chi connectivity index (χ3n) is 3.73. The third kappa shape index (κ3) is 5.32. The van der Waals surface area contributed by atoms with Crippen molar-refractivity contribution in [3.05, 3.63) is 63.6 Å². The van der Waals surface area contributed by atoms with E-state index in [4.69, 9.17) is 4.74 Å². The maximum absolute atomic E-state index is 12.2. The Labute approximate surface area is 156 Å². The number of amides is 2. The summed E-state index contributed by atoms with van der Waals surface area (Å²) in [6, 6.07) is 12.9. The molecular weight excluding hydrogens is 384 g/mol. The molecule has 0 atom stereocenters. The monoisotopic (exact) mass is 404 g/mol. The molecule has 0 saturated heterocycles. The van der Waals surface area contributed by atoms with Crippen LogP contribution >= 0.6 is 15.9 Å². The molecule has 0 bridgehead atoms. The zero-order valence-electron chi connectivity index (χ0n) is 14.5. The Kier molecular flexibility index (Phi) is 6.58. The van der Waals surface area contributed by atoms with Gasteiger partial charge in [-0.25, -0.2) is 0 Å². The van der Waals surface area contributed by atoms with E-state index in [9.17, 15) is 9.59 Å². The van der Waals surface area contributed by atoms with Crippen LogP contribution in [0.15, 0.2) is 46.9 Å². The van der Waals surface area contributed by atoms with Gasteiger partial charge in [0.2, 0.25) is 0 Å². The number of aryl methyl sites for hydroxylation is 1. The van der Waals surface area contributed by atoms with Crippen molar-refractivity contribution in [2.75, 3.05) is 20.7 Å². The van der Waals surface area contributed by atoms with Gasteiger partial charge < -0.3 is 15.0 Å². The zero-order valence-corrected chi connectivity index (χ0v) is 16.1. The summed E-state index contributed by atoms with van der Waals surface area (Å²) in [5, 5.41) is 2.58. The average Bonchev–Trinajstić information content (AvgIpc) is 2.60. The van der Waals surface area contributed by atoms with Crippen LogP contribution in [0.3, 0.4) is 0 Å². The van der Waals surface area contributed by atoms with E-state index < -0.39 is 0 Å². The second-order valence-corrected chi connectivity index (χ2v) is 6.60. The zero-order chi connectivity index (χ0) is 18.4. The molecule has 25 heavy (non-hydrogen) atoms. The smallest absolute Gasteiger partial charge is 0.260 e. The quantitative estimate of drug-likeness (QED) is 0.804. The van der Waals surface area contributed by atoms with Crippen LogP contribution in [0.1, 0.15) is 21.5 Å². The highest BCUT2D eigenvalue weighted by molar-refractivity contribution is 9.10. The number of benzene rings is 2. The Morgan fingerprint density at radius 1 is 1.16 bits per heavy atom. The Morgan fingerprint density at radius 2 is 1.84 bits per heavy atom. The summed E-state index contributed by atoms with van der Waals surface area (Å²) >= 11 is 3.43. The molecule has 0 aliphatic carbocycles. The van der Waals surface area contributed by atoms with Crippen LogP contribution < -0.4 is 10.1 Å². The van der Waals surface area contributed by atoms with E-state index in [1.54, 1.807) is 31.1 Å². The van der Waals surface area contributed by atoms with Crippen molar-refractivity contribution < 1.29 is 14.3 Å². The Bertz CT molecular complexity index is 760. The first-order chi connectivity index (χ1) is 11.9. The minimum absolute atomic E-state index is 0.0332. The highest BCUT2D eigenvalue weighted by atomic mass is 79.9. The van der Waals surface area contributed by atoms with E-state index in [0.29, 0.717) is 17.9 Å². The van der Waals surface area contributed by atoms with Gasteiger partial charge in [0.25, 0.3) is 11.8 Å². The van der Waals surface area contributed by atoms with Crippen LogP contribution in [-0.4, -0.2) is 37.4 Å². The lowest BCUT2D eigenvalue weighted by molar-refractivity contribution is -0.132. The first-order valence-corrected chi connectivity index (χ1v) is 8.64. The van der Waals surface area contributed by atoms with Crippen molar-refractivity contribution in [1.29, 1.82) is 0 Å². The number of ether oxygens (including phenoxy) is 1. The second kappa shape index (κ2) is 8.67. The molecule has 0 aliphatic heterocycles. The first-order valence-electron chi connectivity index (χ1n) is 7.84. The van der Waals surface area contributed by atoms with Crippen molar-refractivity contribution in [3.63, 3.8) is 0 Å². The number of carbonyl (C=O) groups excluding carboxylic acids is 2. The molecule has 2 aromatic rings. The van der Waals surface area contributed by atoms with E-state index in [0.717, 1.165) is 15.6 Å². The summed E-state index contributed by atoms with van der Waals surface area (Å²) in [5.41, 5.74) is 2.65. The van der Waals surface area contributed by atoms with E-state index >= 15 is 0 Å². The summed E-state index contributed by atoms with van der Waals surface area (Å²) in [5.74, 6) is 0.387. The number of nitrogens with zero attached hydrogens (tertiary/aromatic N) is 1. The lowest BCUT2D eigenvalue weighted by atomic mass is 10.1. The van der Waals surface area contributed by atoms with Gasteiger partial charge in [-0.05, 0) is 58.2 Å². The molecule has 0 fully saturated rings. The van der Waals surface area contributed by atoms with Gasteiger partial charge in [-0.2, -0.15) is 0 Å². The third-order valence-corrected chi connectivity index (χ3v) is 4.35. The average molecular weight is 405 g/mol.